The molecule has 0 unspecified atom stereocenters. The van der Waals surface area contributed by atoms with Crippen LogP contribution in [0.25, 0.3) is 10.2 Å². The summed E-state index contributed by atoms with van der Waals surface area (Å²) >= 11 is 1.26. The van der Waals surface area contributed by atoms with Gasteiger partial charge in [-0.3, -0.25) is 0 Å². The minimum Gasteiger partial charge on any atom is -0.315 e. The van der Waals surface area contributed by atoms with Crippen molar-refractivity contribution in [2.75, 3.05) is 13.1 Å². The number of nitrogens with zero attached hydrogens (tertiary/aromatic N) is 1. The fraction of sp³-hybridized carbons (Fsp3) is 0.364. The average molecular weight is 268 g/mol. The Labute approximate surface area is 104 Å². The lowest BCUT2D eigenvalue weighted by atomic mass is 10.3. The molecule has 1 saturated heterocycles. The Balaban J connectivity index is 2.08. The maximum Gasteiger partial charge on any atom is 0.210 e. The maximum absolute atomic E-state index is 12.3. The number of thiazole rings is 1. The number of fused-ring (bicyclic) bond motifs is 1. The molecule has 0 radical (unpaired) electrons. The van der Waals surface area contributed by atoms with Gasteiger partial charge in [0.15, 0.2) is 0 Å². The molecule has 1 aliphatic rings. The fourth-order valence-corrected chi connectivity index (χ4v) is 5.12. The van der Waals surface area contributed by atoms with Crippen molar-refractivity contribution < 1.29 is 8.42 Å². The topological polar surface area (TPSA) is 59.1 Å². The Morgan fingerprint density at radius 3 is 2.88 bits per heavy atom. The number of sulfone groups is 1. The molecule has 4 nitrogen and oxygen atoms in total. The largest absolute Gasteiger partial charge is 0.315 e. The molecule has 1 N–H and O–H groups in total. The molecule has 2 heterocycles. The smallest absolute Gasteiger partial charge is 0.210 e. The van der Waals surface area contributed by atoms with Gasteiger partial charge in [0.25, 0.3) is 0 Å². The highest BCUT2D eigenvalue weighted by atomic mass is 32.2. The summed E-state index contributed by atoms with van der Waals surface area (Å²) < 4.78 is 25.8. The lowest BCUT2D eigenvalue weighted by Gasteiger charge is -2.06. The van der Waals surface area contributed by atoms with E-state index in [1.54, 1.807) is 0 Å². The molecule has 0 spiro atoms. The molecule has 3 rings (SSSR count). The van der Waals surface area contributed by atoms with E-state index in [9.17, 15) is 8.42 Å². The monoisotopic (exact) mass is 268 g/mol. The summed E-state index contributed by atoms with van der Waals surface area (Å²) in [4.78, 5) is 4.23. The van der Waals surface area contributed by atoms with Crippen molar-refractivity contribution >= 4 is 31.4 Å². The number of aromatic nitrogens is 1. The van der Waals surface area contributed by atoms with Crippen LogP contribution in [0, 0.1) is 0 Å². The summed E-state index contributed by atoms with van der Waals surface area (Å²) in [7, 11) is -3.26. The van der Waals surface area contributed by atoms with Crippen LogP contribution >= 0.6 is 11.3 Å². The maximum atomic E-state index is 12.3. The zero-order chi connectivity index (χ0) is 11.9. The van der Waals surface area contributed by atoms with Crippen molar-refractivity contribution in [1.29, 1.82) is 0 Å². The highest BCUT2D eigenvalue weighted by Crippen LogP contribution is 2.29. The van der Waals surface area contributed by atoms with Crippen LogP contribution in [0.15, 0.2) is 28.6 Å². The molecule has 6 heteroatoms. The number of hydrogen-bond acceptors (Lipinski definition) is 5. The molecule has 1 aromatic carbocycles. The third-order valence-corrected chi connectivity index (χ3v) is 6.61. The Morgan fingerprint density at radius 2 is 2.18 bits per heavy atom. The lowest BCUT2D eigenvalue weighted by molar-refractivity contribution is 0.582. The van der Waals surface area contributed by atoms with Crippen molar-refractivity contribution in [3.8, 4) is 0 Å². The average Bonchev–Trinajstić information content (AvgIpc) is 2.98. The molecule has 1 fully saturated rings. The summed E-state index contributed by atoms with van der Waals surface area (Å²) in [6.07, 6.45) is 0.679. The van der Waals surface area contributed by atoms with Gasteiger partial charge in [0.2, 0.25) is 14.2 Å². The van der Waals surface area contributed by atoms with Gasteiger partial charge in [-0.1, -0.05) is 12.1 Å². The summed E-state index contributed by atoms with van der Waals surface area (Å²) in [5, 5.41) is 2.76. The number of rotatable bonds is 2. The van der Waals surface area contributed by atoms with E-state index in [1.807, 2.05) is 24.3 Å². The van der Waals surface area contributed by atoms with Gasteiger partial charge in [-0.25, -0.2) is 13.4 Å². The van der Waals surface area contributed by atoms with Crippen molar-refractivity contribution in [3.05, 3.63) is 24.3 Å². The Morgan fingerprint density at radius 1 is 1.35 bits per heavy atom. The highest BCUT2D eigenvalue weighted by molar-refractivity contribution is 7.94. The van der Waals surface area contributed by atoms with Gasteiger partial charge >= 0.3 is 0 Å². The number of hydrogen-bond donors (Lipinski definition) is 1. The van der Waals surface area contributed by atoms with Crippen molar-refractivity contribution in [1.82, 2.24) is 10.3 Å². The molecule has 0 bridgehead atoms. The summed E-state index contributed by atoms with van der Waals surface area (Å²) in [6, 6.07) is 7.51. The first-order valence-corrected chi connectivity index (χ1v) is 7.84. The second-order valence-electron chi connectivity index (χ2n) is 4.11. The van der Waals surface area contributed by atoms with Crippen molar-refractivity contribution in [2.24, 2.45) is 0 Å². The summed E-state index contributed by atoms with van der Waals surface area (Å²) in [5.74, 6) is 0. The molecular weight excluding hydrogens is 256 g/mol. The van der Waals surface area contributed by atoms with E-state index in [2.05, 4.69) is 10.3 Å². The summed E-state index contributed by atoms with van der Waals surface area (Å²) in [5.41, 5.74) is 0.766. The van der Waals surface area contributed by atoms with Crippen LogP contribution in [0.3, 0.4) is 0 Å². The predicted molar refractivity (Wildman–Crippen MR) is 68.1 cm³/mol. The fourth-order valence-electron chi connectivity index (χ4n) is 2.01. The van der Waals surface area contributed by atoms with E-state index in [4.69, 9.17) is 0 Å². The Bertz CT molecular complexity index is 609. The summed E-state index contributed by atoms with van der Waals surface area (Å²) in [6.45, 7) is 1.31. The molecule has 1 aliphatic heterocycles. The number of para-hydroxylation sites is 1. The molecule has 17 heavy (non-hydrogen) atoms. The predicted octanol–water partition coefficient (Wildman–Crippen LogP) is 1.43. The Kier molecular flexibility index (Phi) is 2.65. The van der Waals surface area contributed by atoms with E-state index in [0.717, 1.165) is 16.8 Å². The molecule has 0 amide bonds. The molecule has 0 saturated carbocycles. The number of nitrogens with one attached hydrogen (secondary N) is 1. The van der Waals surface area contributed by atoms with E-state index in [0.29, 0.717) is 13.0 Å². The molecule has 0 aliphatic carbocycles. The molecule has 1 atom stereocenters. The van der Waals surface area contributed by atoms with Gasteiger partial charge in [-0.15, -0.1) is 11.3 Å². The second-order valence-corrected chi connectivity index (χ2v) is 7.54. The van der Waals surface area contributed by atoms with E-state index in [1.165, 1.54) is 11.3 Å². The molecule has 2 aromatic rings. The van der Waals surface area contributed by atoms with E-state index in [-0.39, 0.29) is 9.59 Å². The van der Waals surface area contributed by atoms with Crippen LogP contribution in [0.1, 0.15) is 6.42 Å². The highest BCUT2D eigenvalue weighted by Gasteiger charge is 2.32. The van der Waals surface area contributed by atoms with Crippen LogP contribution in [-0.2, 0) is 9.84 Å². The van der Waals surface area contributed by atoms with Gasteiger partial charge in [-0.2, -0.15) is 0 Å². The first-order valence-electron chi connectivity index (χ1n) is 5.48. The quantitative estimate of drug-likeness (QED) is 0.895. The van der Waals surface area contributed by atoms with Crippen molar-refractivity contribution in [2.45, 2.75) is 16.0 Å². The van der Waals surface area contributed by atoms with Crippen LogP contribution in [0.4, 0.5) is 0 Å². The van der Waals surface area contributed by atoms with E-state index < -0.39 is 9.84 Å². The normalized spacial score (nSPS) is 21.1. The minimum atomic E-state index is -3.26. The van der Waals surface area contributed by atoms with Crippen LogP contribution in [0.5, 0.6) is 0 Å². The molecule has 1 aromatic heterocycles. The number of benzene rings is 1. The SMILES string of the molecule is O=S(=O)(c1nc2ccccc2s1)[C@@H]1CCNC1. The van der Waals surface area contributed by atoms with Gasteiger partial charge < -0.3 is 5.32 Å². The zero-order valence-electron chi connectivity index (χ0n) is 9.09. The van der Waals surface area contributed by atoms with Crippen molar-refractivity contribution in [3.63, 3.8) is 0 Å². The minimum absolute atomic E-state index is 0.257. The first kappa shape index (κ1) is 11.1. The lowest BCUT2D eigenvalue weighted by Crippen LogP contribution is -2.23. The van der Waals surface area contributed by atoms with Crippen LogP contribution in [-0.4, -0.2) is 31.7 Å². The van der Waals surface area contributed by atoms with Crippen LogP contribution in [0.2, 0.25) is 0 Å². The van der Waals surface area contributed by atoms with Crippen LogP contribution < -0.4 is 5.32 Å². The van der Waals surface area contributed by atoms with Gasteiger partial charge in [0.05, 0.1) is 15.5 Å². The molecular formula is C11H12N2O2S2. The van der Waals surface area contributed by atoms with Gasteiger partial charge in [-0.05, 0) is 25.1 Å². The third kappa shape index (κ3) is 1.86. The first-order chi connectivity index (χ1) is 8.18. The van der Waals surface area contributed by atoms with E-state index >= 15 is 0 Å². The zero-order valence-corrected chi connectivity index (χ0v) is 10.7. The van der Waals surface area contributed by atoms with Gasteiger partial charge in [0.1, 0.15) is 0 Å². The standard InChI is InChI=1S/C11H12N2O2S2/c14-17(15,8-5-6-12-7-8)11-13-9-3-1-2-4-10(9)16-11/h1-4,8,12H,5-7H2/t8-/m1/s1. The molecule has 90 valence electrons. The Hall–Kier alpha value is -0.980. The third-order valence-electron chi connectivity index (χ3n) is 2.97. The van der Waals surface area contributed by atoms with Gasteiger partial charge in [0, 0.05) is 6.54 Å². The second kappa shape index (κ2) is 4.04.